The van der Waals surface area contributed by atoms with Gasteiger partial charge in [-0.25, -0.2) is 9.59 Å². The molecule has 0 radical (unpaired) electrons. The van der Waals surface area contributed by atoms with Crippen molar-refractivity contribution >= 4 is 17.6 Å². The molecule has 2 aromatic rings. The van der Waals surface area contributed by atoms with Crippen LogP contribution in [0.2, 0.25) is 0 Å². The SMILES string of the molecule is COC(=O)C1=C(C(=O)OC)N(c2cccc(-c3nc(C)no3)c2)COC1. The Labute approximate surface area is 149 Å². The number of hydrogen-bond acceptors (Lipinski definition) is 9. The van der Waals surface area contributed by atoms with Crippen molar-refractivity contribution in [3.63, 3.8) is 0 Å². The van der Waals surface area contributed by atoms with Gasteiger partial charge in [0.15, 0.2) is 5.82 Å². The quantitative estimate of drug-likeness (QED) is 0.750. The monoisotopic (exact) mass is 359 g/mol. The van der Waals surface area contributed by atoms with Crippen molar-refractivity contribution < 1.29 is 28.3 Å². The van der Waals surface area contributed by atoms with E-state index in [0.717, 1.165) is 0 Å². The van der Waals surface area contributed by atoms with Crippen LogP contribution in [0.1, 0.15) is 5.82 Å². The van der Waals surface area contributed by atoms with Gasteiger partial charge in [0.1, 0.15) is 12.4 Å². The Kier molecular flexibility index (Phi) is 4.99. The maximum absolute atomic E-state index is 12.3. The zero-order chi connectivity index (χ0) is 18.7. The van der Waals surface area contributed by atoms with E-state index in [1.165, 1.54) is 19.1 Å². The molecule has 1 aromatic heterocycles. The number of methoxy groups -OCH3 is 2. The molecule has 0 fully saturated rings. The number of anilines is 1. The van der Waals surface area contributed by atoms with Gasteiger partial charge in [-0.1, -0.05) is 11.2 Å². The van der Waals surface area contributed by atoms with Gasteiger partial charge in [0.25, 0.3) is 5.89 Å². The van der Waals surface area contributed by atoms with Crippen LogP contribution < -0.4 is 4.90 Å². The third-order valence-corrected chi connectivity index (χ3v) is 3.77. The van der Waals surface area contributed by atoms with E-state index in [-0.39, 0.29) is 24.6 Å². The van der Waals surface area contributed by atoms with Gasteiger partial charge < -0.3 is 23.6 Å². The number of rotatable bonds is 4. The standard InChI is InChI=1S/C17H17N3O6/c1-10-18-15(26-19-10)11-5-4-6-12(7-11)20-9-25-8-13(16(21)23-2)14(20)17(22)24-3/h4-7H,8-9H2,1-3H3. The van der Waals surface area contributed by atoms with Crippen LogP contribution >= 0.6 is 0 Å². The van der Waals surface area contributed by atoms with Crippen molar-refractivity contribution in [2.75, 3.05) is 32.5 Å². The molecule has 136 valence electrons. The first-order valence-corrected chi connectivity index (χ1v) is 7.71. The van der Waals surface area contributed by atoms with Gasteiger partial charge in [0.05, 0.1) is 26.4 Å². The lowest BCUT2D eigenvalue weighted by Crippen LogP contribution is -2.38. The van der Waals surface area contributed by atoms with E-state index in [9.17, 15) is 9.59 Å². The molecule has 26 heavy (non-hydrogen) atoms. The summed E-state index contributed by atoms with van der Waals surface area (Å²) >= 11 is 0. The Morgan fingerprint density at radius 1 is 1.19 bits per heavy atom. The Bertz CT molecular complexity index is 873. The number of benzene rings is 1. The molecule has 0 N–H and O–H groups in total. The lowest BCUT2D eigenvalue weighted by Gasteiger charge is -2.31. The molecule has 0 atom stereocenters. The average molecular weight is 359 g/mol. The van der Waals surface area contributed by atoms with Gasteiger partial charge >= 0.3 is 11.9 Å². The van der Waals surface area contributed by atoms with Crippen LogP contribution in [0.3, 0.4) is 0 Å². The summed E-state index contributed by atoms with van der Waals surface area (Å²) in [6.07, 6.45) is 0. The Balaban J connectivity index is 2.06. The van der Waals surface area contributed by atoms with E-state index in [1.807, 2.05) is 0 Å². The number of nitrogens with zero attached hydrogens (tertiary/aromatic N) is 3. The summed E-state index contributed by atoms with van der Waals surface area (Å²) in [7, 11) is 2.48. The predicted octanol–water partition coefficient (Wildman–Crippen LogP) is 1.44. The first-order chi connectivity index (χ1) is 12.5. The molecule has 9 nitrogen and oxygen atoms in total. The molecular weight excluding hydrogens is 342 g/mol. The minimum atomic E-state index is -0.660. The fraction of sp³-hybridized carbons (Fsp3) is 0.294. The molecule has 1 aliphatic rings. The summed E-state index contributed by atoms with van der Waals surface area (Å²) in [5.74, 6) is -0.458. The van der Waals surface area contributed by atoms with E-state index in [4.69, 9.17) is 18.7 Å². The van der Waals surface area contributed by atoms with Gasteiger partial charge in [-0.3, -0.25) is 0 Å². The smallest absolute Gasteiger partial charge is 0.355 e. The second-order valence-corrected chi connectivity index (χ2v) is 5.41. The van der Waals surface area contributed by atoms with Crippen molar-refractivity contribution in [3.05, 3.63) is 41.4 Å². The highest BCUT2D eigenvalue weighted by Gasteiger charge is 2.32. The van der Waals surface area contributed by atoms with Crippen LogP contribution in [-0.2, 0) is 23.8 Å². The number of carbonyl (C=O) groups is 2. The molecule has 0 saturated carbocycles. The number of aromatic nitrogens is 2. The normalized spacial score (nSPS) is 14.3. The molecule has 1 aliphatic heterocycles. The highest BCUT2D eigenvalue weighted by molar-refractivity contribution is 6.03. The van der Waals surface area contributed by atoms with E-state index in [2.05, 4.69) is 10.1 Å². The lowest BCUT2D eigenvalue weighted by molar-refractivity contribution is -0.140. The second-order valence-electron chi connectivity index (χ2n) is 5.41. The molecule has 0 saturated heterocycles. The summed E-state index contributed by atoms with van der Waals surface area (Å²) in [6.45, 7) is 1.74. The topological polar surface area (TPSA) is 104 Å². The van der Waals surface area contributed by atoms with Gasteiger partial charge in [0.2, 0.25) is 0 Å². The lowest BCUT2D eigenvalue weighted by atomic mass is 10.1. The van der Waals surface area contributed by atoms with Gasteiger partial charge in [-0.2, -0.15) is 4.98 Å². The van der Waals surface area contributed by atoms with Crippen LogP contribution in [0.25, 0.3) is 11.5 Å². The predicted molar refractivity (Wildman–Crippen MR) is 88.8 cm³/mol. The van der Waals surface area contributed by atoms with Crippen LogP contribution in [-0.4, -0.2) is 49.6 Å². The van der Waals surface area contributed by atoms with Crippen molar-refractivity contribution in [1.29, 1.82) is 0 Å². The highest BCUT2D eigenvalue weighted by atomic mass is 16.5. The second kappa shape index (κ2) is 7.36. The first kappa shape index (κ1) is 17.6. The van der Waals surface area contributed by atoms with E-state index in [0.29, 0.717) is 23.0 Å². The van der Waals surface area contributed by atoms with Gasteiger partial charge in [0, 0.05) is 11.3 Å². The fourth-order valence-corrected chi connectivity index (χ4v) is 2.57. The third-order valence-electron chi connectivity index (χ3n) is 3.77. The molecule has 1 aromatic carbocycles. The zero-order valence-electron chi connectivity index (χ0n) is 14.5. The number of carbonyl (C=O) groups excluding carboxylic acids is 2. The first-order valence-electron chi connectivity index (χ1n) is 7.71. The minimum Gasteiger partial charge on any atom is -0.466 e. The Morgan fingerprint density at radius 2 is 1.96 bits per heavy atom. The van der Waals surface area contributed by atoms with E-state index < -0.39 is 11.9 Å². The maximum atomic E-state index is 12.3. The van der Waals surface area contributed by atoms with Gasteiger partial charge in [-0.15, -0.1) is 0 Å². The minimum absolute atomic E-state index is 0.0455. The van der Waals surface area contributed by atoms with Crippen LogP contribution in [0, 0.1) is 6.92 Å². The van der Waals surface area contributed by atoms with E-state index in [1.54, 1.807) is 31.2 Å². The number of esters is 2. The molecule has 9 heteroatoms. The van der Waals surface area contributed by atoms with Crippen LogP contribution in [0.4, 0.5) is 5.69 Å². The number of aryl methyl sites for hydroxylation is 1. The van der Waals surface area contributed by atoms with Crippen molar-refractivity contribution in [2.24, 2.45) is 0 Å². The fourth-order valence-electron chi connectivity index (χ4n) is 2.57. The molecule has 0 unspecified atom stereocenters. The summed E-state index contributed by atoms with van der Waals surface area (Å²) in [6, 6.07) is 7.08. The van der Waals surface area contributed by atoms with Crippen molar-refractivity contribution in [1.82, 2.24) is 10.1 Å². The summed E-state index contributed by atoms with van der Waals surface area (Å²) in [5, 5.41) is 3.77. The molecule has 0 amide bonds. The third kappa shape index (κ3) is 3.29. The number of ether oxygens (including phenoxy) is 3. The highest BCUT2D eigenvalue weighted by Crippen LogP contribution is 2.29. The zero-order valence-corrected chi connectivity index (χ0v) is 14.5. The van der Waals surface area contributed by atoms with Crippen LogP contribution in [0.5, 0.6) is 0 Å². The summed E-state index contributed by atoms with van der Waals surface area (Å²) in [4.78, 5) is 30.1. The molecule has 0 aliphatic carbocycles. The van der Waals surface area contributed by atoms with Crippen LogP contribution in [0.15, 0.2) is 40.1 Å². The maximum Gasteiger partial charge on any atom is 0.355 e. The van der Waals surface area contributed by atoms with Crippen molar-refractivity contribution in [2.45, 2.75) is 6.92 Å². The Morgan fingerprint density at radius 3 is 2.62 bits per heavy atom. The summed E-state index contributed by atoms with van der Waals surface area (Å²) < 4.78 is 20.2. The molecule has 3 rings (SSSR count). The molecule has 2 heterocycles. The molecule has 0 bridgehead atoms. The molecular formula is C17H17N3O6. The number of hydrogen-bond donors (Lipinski definition) is 0. The van der Waals surface area contributed by atoms with Crippen molar-refractivity contribution in [3.8, 4) is 11.5 Å². The van der Waals surface area contributed by atoms with E-state index >= 15 is 0 Å². The Hall–Kier alpha value is -3.20. The average Bonchev–Trinajstić information content (AvgIpc) is 3.12. The molecule has 0 spiro atoms. The largest absolute Gasteiger partial charge is 0.466 e. The van der Waals surface area contributed by atoms with Gasteiger partial charge in [-0.05, 0) is 25.1 Å². The summed E-state index contributed by atoms with van der Waals surface area (Å²) in [5.41, 5.74) is 1.42.